The van der Waals surface area contributed by atoms with Gasteiger partial charge in [-0.25, -0.2) is 9.18 Å². The van der Waals surface area contributed by atoms with Crippen LogP contribution in [0.15, 0.2) is 60.3 Å². The molecule has 0 saturated heterocycles. The van der Waals surface area contributed by atoms with Gasteiger partial charge in [-0.2, -0.15) is 0 Å². The molecule has 1 atom stereocenters. The number of carbonyl (C=O) groups is 3. The van der Waals surface area contributed by atoms with E-state index in [0.29, 0.717) is 0 Å². The van der Waals surface area contributed by atoms with Gasteiger partial charge in [0.15, 0.2) is 0 Å². The van der Waals surface area contributed by atoms with Crippen molar-refractivity contribution in [3.8, 4) is 0 Å². The molecule has 0 radical (unpaired) electrons. The lowest BCUT2D eigenvalue weighted by Gasteiger charge is -2.19. The third-order valence-electron chi connectivity index (χ3n) is 4.15. The summed E-state index contributed by atoms with van der Waals surface area (Å²) < 4.78 is 14.0. The normalized spacial score (nSPS) is 12.3. The van der Waals surface area contributed by atoms with Gasteiger partial charge < -0.3 is 15.7 Å². The fraction of sp³-hybridized carbons (Fsp3) is 0.227. The smallest absolute Gasteiger partial charge is 0.326 e. The van der Waals surface area contributed by atoms with E-state index in [1.54, 1.807) is 44.2 Å². The zero-order valence-corrected chi connectivity index (χ0v) is 16.2. The molecule has 2 rings (SSSR count). The summed E-state index contributed by atoms with van der Waals surface area (Å²) in [5, 5.41) is 14.2. The summed E-state index contributed by atoms with van der Waals surface area (Å²) in [6.45, 7) is 3.29. The molecular formula is C22H23FN2O4. The average molecular weight is 398 g/mol. The van der Waals surface area contributed by atoms with Crippen LogP contribution in [0.5, 0.6) is 0 Å². The van der Waals surface area contributed by atoms with E-state index in [4.69, 9.17) is 0 Å². The molecule has 0 aliphatic rings. The minimum Gasteiger partial charge on any atom is -0.480 e. The number of halogens is 1. The monoisotopic (exact) mass is 398 g/mol. The first kappa shape index (κ1) is 21.8. The number of amides is 2. The second-order valence-electron chi connectivity index (χ2n) is 6.82. The molecule has 0 aliphatic heterocycles. The fourth-order valence-corrected chi connectivity index (χ4v) is 2.61. The van der Waals surface area contributed by atoms with E-state index in [-0.39, 0.29) is 23.6 Å². The van der Waals surface area contributed by atoms with Crippen molar-refractivity contribution in [1.29, 1.82) is 0 Å². The lowest BCUT2D eigenvalue weighted by molar-refractivity contribution is -0.142. The summed E-state index contributed by atoms with van der Waals surface area (Å²) in [6.07, 6.45) is 1.20. The van der Waals surface area contributed by atoms with Crippen LogP contribution in [0.4, 0.5) is 4.39 Å². The van der Waals surface area contributed by atoms with Crippen molar-refractivity contribution < 1.29 is 23.9 Å². The largest absolute Gasteiger partial charge is 0.480 e. The van der Waals surface area contributed by atoms with Gasteiger partial charge >= 0.3 is 5.97 Å². The lowest BCUT2D eigenvalue weighted by atomic mass is 10.0. The number of nitrogens with one attached hydrogen (secondary N) is 2. The van der Waals surface area contributed by atoms with Gasteiger partial charge in [0.1, 0.15) is 17.6 Å². The van der Waals surface area contributed by atoms with Crippen LogP contribution >= 0.6 is 0 Å². The average Bonchev–Trinajstić information content (AvgIpc) is 2.67. The summed E-state index contributed by atoms with van der Waals surface area (Å²) in [5.74, 6) is -3.45. The van der Waals surface area contributed by atoms with Gasteiger partial charge in [-0.05, 0) is 23.6 Å². The number of rotatable bonds is 8. The Labute approximate surface area is 168 Å². The van der Waals surface area contributed by atoms with E-state index < -0.39 is 29.6 Å². The predicted molar refractivity (Wildman–Crippen MR) is 107 cm³/mol. The van der Waals surface area contributed by atoms with Crippen LogP contribution in [0.3, 0.4) is 0 Å². The van der Waals surface area contributed by atoms with Crippen LogP contribution in [0.1, 0.15) is 25.0 Å². The number of carboxylic acid groups (broad SMARTS) is 1. The Kier molecular flexibility index (Phi) is 7.65. The van der Waals surface area contributed by atoms with Gasteiger partial charge in [-0.3, -0.25) is 9.59 Å². The Morgan fingerprint density at radius 3 is 2.24 bits per heavy atom. The molecule has 29 heavy (non-hydrogen) atoms. The van der Waals surface area contributed by atoms with Gasteiger partial charge in [0.2, 0.25) is 5.91 Å². The molecule has 2 aromatic carbocycles. The number of carboxylic acids is 1. The van der Waals surface area contributed by atoms with E-state index in [1.165, 1.54) is 24.3 Å². The molecule has 0 fully saturated rings. The van der Waals surface area contributed by atoms with Crippen LogP contribution in [-0.4, -0.2) is 28.9 Å². The number of carbonyl (C=O) groups excluding carboxylic acids is 2. The Morgan fingerprint density at radius 2 is 1.66 bits per heavy atom. The summed E-state index contributed by atoms with van der Waals surface area (Å²) in [4.78, 5) is 36.5. The molecule has 0 bridgehead atoms. The molecule has 0 aliphatic carbocycles. The maximum absolute atomic E-state index is 14.0. The zero-order chi connectivity index (χ0) is 21.4. The van der Waals surface area contributed by atoms with Crippen LogP contribution in [0, 0.1) is 11.7 Å². The van der Waals surface area contributed by atoms with E-state index >= 15 is 0 Å². The van der Waals surface area contributed by atoms with Crippen LogP contribution in [0.2, 0.25) is 0 Å². The molecule has 1 unspecified atom stereocenters. The highest BCUT2D eigenvalue weighted by molar-refractivity contribution is 6.02. The second kappa shape index (κ2) is 10.2. The molecule has 7 heteroatoms. The third-order valence-corrected chi connectivity index (χ3v) is 4.15. The predicted octanol–water partition coefficient (Wildman–Crippen LogP) is 2.75. The van der Waals surface area contributed by atoms with E-state index in [2.05, 4.69) is 10.6 Å². The number of benzene rings is 2. The topological polar surface area (TPSA) is 95.5 Å². The van der Waals surface area contributed by atoms with E-state index in [9.17, 15) is 23.9 Å². The zero-order valence-electron chi connectivity index (χ0n) is 16.2. The molecular weight excluding hydrogens is 375 g/mol. The van der Waals surface area contributed by atoms with E-state index in [0.717, 1.165) is 5.56 Å². The third kappa shape index (κ3) is 6.57. The molecule has 0 saturated carbocycles. The molecule has 0 heterocycles. The number of aliphatic carboxylic acids is 1. The molecule has 2 amide bonds. The first-order valence-corrected chi connectivity index (χ1v) is 9.11. The van der Waals surface area contributed by atoms with Crippen molar-refractivity contribution in [3.05, 3.63) is 77.2 Å². The lowest BCUT2D eigenvalue weighted by Crippen LogP contribution is -2.47. The summed E-state index contributed by atoms with van der Waals surface area (Å²) in [5.41, 5.74) is 0.596. The van der Waals surface area contributed by atoms with Crippen molar-refractivity contribution in [2.45, 2.75) is 26.3 Å². The van der Waals surface area contributed by atoms with Gasteiger partial charge in [-0.1, -0.05) is 62.4 Å². The minimum absolute atomic E-state index is 0.00920. The Hall–Kier alpha value is -3.48. The van der Waals surface area contributed by atoms with Crippen LogP contribution in [-0.2, 0) is 20.8 Å². The van der Waals surface area contributed by atoms with Gasteiger partial charge in [0.25, 0.3) is 5.91 Å². The quantitative estimate of drug-likeness (QED) is 0.596. The SMILES string of the molecule is CC(C)C(NC(=O)/C(=C\c1ccccc1F)NC(=O)Cc1ccccc1)C(=O)O. The van der Waals surface area contributed by atoms with Crippen molar-refractivity contribution in [2.24, 2.45) is 5.92 Å². The fourth-order valence-electron chi connectivity index (χ4n) is 2.61. The molecule has 2 aromatic rings. The first-order valence-electron chi connectivity index (χ1n) is 9.11. The maximum atomic E-state index is 14.0. The van der Waals surface area contributed by atoms with Crippen molar-refractivity contribution in [1.82, 2.24) is 10.6 Å². The Balaban J connectivity index is 2.28. The summed E-state index contributed by atoms with van der Waals surface area (Å²) in [7, 11) is 0. The van der Waals surface area contributed by atoms with Gasteiger partial charge in [0.05, 0.1) is 6.42 Å². The number of hydrogen-bond acceptors (Lipinski definition) is 3. The van der Waals surface area contributed by atoms with Crippen molar-refractivity contribution in [2.75, 3.05) is 0 Å². The summed E-state index contributed by atoms with van der Waals surface area (Å²) in [6, 6.07) is 13.5. The van der Waals surface area contributed by atoms with E-state index in [1.807, 2.05) is 6.07 Å². The van der Waals surface area contributed by atoms with Gasteiger partial charge in [-0.15, -0.1) is 0 Å². The Bertz CT molecular complexity index is 910. The standard InChI is InChI=1S/C22H23FN2O4/c1-14(2)20(22(28)29)25-21(27)18(13-16-10-6-7-11-17(16)23)24-19(26)12-15-8-4-3-5-9-15/h3-11,13-14,20H,12H2,1-2H3,(H,24,26)(H,25,27)(H,28,29)/b18-13+. The molecule has 152 valence electrons. The molecule has 3 N–H and O–H groups in total. The van der Waals surface area contributed by atoms with Crippen LogP contribution < -0.4 is 10.6 Å². The molecule has 6 nitrogen and oxygen atoms in total. The highest BCUT2D eigenvalue weighted by Crippen LogP contribution is 2.12. The van der Waals surface area contributed by atoms with Gasteiger partial charge in [0, 0.05) is 5.56 Å². The number of hydrogen-bond donors (Lipinski definition) is 3. The van der Waals surface area contributed by atoms with Crippen molar-refractivity contribution in [3.63, 3.8) is 0 Å². The second-order valence-corrected chi connectivity index (χ2v) is 6.82. The van der Waals surface area contributed by atoms with Crippen molar-refractivity contribution >= 4 is 23.9 Å². The highest BCUT2D eigenvalue weighted by atomic mass is 19.1. The first-order chi connectivity index (χ1) is 13.8. The Morgan fingerprint density at radius 1 is 1.03 bits per heavy atom. The summed E-state index contributed by atoms with van der Waals surface area (Å²) >= 11 is 0. The minimum atomic E-state index is -1.20. The molecule has 0 aromatic heterocycles. The maximum Gasteiger partial charge on any atom is 0.326 e. The van der Waals surface area contributed by atoms with Crippen LogP contribution in [0.25, 0.3) is 6.08 Å². The highest BCUT2D eigenvalue weighted by Gasteiger charge is 2.25. The molecule has 0 spiro atoms.